The van der Waals surface area contributed by atoms with E-state index >= 15 is 0 Å². The number of hydrogen-bond donors (Lipinski definition) is 2. The molecule has 1 saturated heterocycles. The summed E-state index contributed by atoms with van der Waals surface area (Å²) in [5.41, 5.74) is 4.89. The maximum absolute atomic E-state index is 11.5. The van der Waals surface area contributed by atoms with Gasteiger partial charge in [0.25, 0.3) is 0 Å². The van der Waals surface area contributed by atoms with Gasteiger partial charge in [-0.2, -0.15) is 0 Å². The minimum Gasteiger partial charge on any atom is -0.368 e. The van der Waals surface area contributed by atoms with Crippen molar-refractivity contribution in [2.24, 2.45) is 17.6 Å². The smallest absolute Gasteiger partial charge is 0.237 e. The highest BCUT2D eigenvalue weighted by atomic mass is 16.1. The molecule has 0 saturated carbocycles. The van der Waals surface area contributed by atoms with Crippen molar-refractivity contribution in [1.29, 1.82) is 0 Å². The Hall–Kier alpha value is -0.610. The molecule has 1 aliphatic heterocycles. The molecule has 0 aromatic heterocycles. The minimum absolute atomic E-state index is 0.259. The van der Waals surface area contributed by atoms with Crippen LogP contribution in [-0.2, 0) is 4.79 Å². The third-order valence-corrected chi connectivity index (χ3v) is 4.83. The molecular weight excluding hydrogens is 238 g/mol. The zero-order chi connectivity index (χ0) is 14.5. The van der Waals surface area contributed by atoms with E-state index in [1.165, 1.54) is 19.3 Å². The number of carbonyl (C=O) groups is 1. The SMILES string of the molecule is CNC(C)(CCN1CCCC(C(C)C)CC1)C(N)=O. The number of rotatable bonds is 6. The molecule has 4 nitrogen and oxygen atoms in total. The van der Waals surface area contributed by atoms with E-state index in [9.17, 15) is 4.79 Å². The first-order valence-corrected chi connectivity index (χ1v) is 7.60. The molecular formula is C15H31N3O. The van der Waals surface area contributed by atoms with Gasteiger partial charge in [-0.1, -0.05) is 13.8 Å². The van der Waals surface area contributed by atoms with Gasteiger partial charge in [0.1, 0.15) is 0 Å². The lowest BCUT2D eigenvalue weighted by molar-refractivity contribution is -0.124. The van der Waals surface area contributed by atoms with Crippen LogP contribution in [0.5, 0.6) is 0 Å². The zero-order valence-electron chi connectivity index (χ0n) is 13.0. The van der Waals surface area contributed by atoms with E-state index in [2.05, 4.69) is 24.1 Å². The summed E-state index contributed by atoms with van der Waals surface area (Å²) in [6, 6.07) is 0. The van der Waals surface area contributed by atoms with Crippen LogP contribution in [0.4, 0.5) is 0 Å². The highest BCUT2D eigenvalue weighted by Crippen LogP contribution is 2.25. The average molecular weight is 269 g/mol. The molecule has 2 atom stereocenters. The molecule has 0 spiro atoms. The topological polar surface area (TPSA) is 58.4 Å². The fraction of sp³-hybridized carbons (Fsp3) is 0.933. The van der Waals surface area contributed by atoms with E-state index in [0.29, 0.717) is 0 Å². The number of nitrogens with one attached hydrogen (secondary N) is 1. The molecule has 4 heteroatoms. The molecule has 0 aromatic rings. The molecule has 0 aromatic carbocycles. The Labute approximate surface area is 118 Å². The first-order valence-electron chi connectivity index (χ1n) is 7.60. The standard InChI is InChI=1S/C15H31N3O/c1-12(2)13-6-5-9-18(10-7-13)11-8-15(3,17-4)14(16)19/h12-13,17H,5-11H2,1-4H3,(H2,16,19). The van der Waals surface area contributed by atoms with E-state index < -0.39 is 5.54 Å². The number of likely N-dealkylation sites (tertiary alicyclic amines) is 1. The summed E-state index contributed by atoms with van der Waals surface area (Å²) >= 11 is 0. The Morgan fingerprint density at radius 1 is 1.42 bits per heavy atom. The fourth-order valence-corrected chi connectivity index (χ4v) is 2.83. The lowest BCUT2D eigenvalue weighted by atomic mass is 9.89. The van der Waals surface area contributed by atoms with Gasteiger partial charge < -0.3 is 16.0 Å². The Bertz CT molecular complexity index is 293. The second kappa shape index (κ2) is 7.25. The molecule has 1 fully saturated rings. The Morgan fingerprint density at radius 2 is 2.11 bits per heavy atom. The summed E-state index contributed by atoms with van der Waals surface area (Å²) in [6.45, 7) is 9.80. The lowest BCUT2D eigenvalue weighted by Crippen LogP contribution is -2.53. The lowest BCUT2D eigenvalue weighted by Gasteiger charge is -2.29. The van der Waals surface area contributed by atoms with Crippen LogP contribution in [0.25, 0.3) is 0 Å². The largest absolute Gasteiger partial charge is 0.368 e. The number of hydrogen-bond acceptors (Lipinski definition) is 3. The van der Waals surface area contributed by atoms with E-state index in [1.807, 2.05) is 14.0 Å². The van der Waals surface area contributed by atoms with E-state index in [1.54, 1.807) is 0 Å². The van der Waals surface area contributed by atoms with Crippen LogP contribution >= 0.6 is 0 Å². The molecule has 3 N–H and O–H groups in total. The summed E-state index contributed by atoms with van der Waals surface area (Å²) in [7, 11) is 1.81. The van der Waals surface area contributed by atoms with Gasteiger partial charge in [0, 0.05) is 6.54 Å². The second-order valence-electron chi connectivity index (χ2n) is 6.47. The fourth-order valence-electron chi connectivity index (χ4n) is 2.83. The zero-order valence-corrected chi connectivity index (χ0v) is 13.0. The minimum atomic E-state index is -0.580. The highest BCUT2D eigenvalue weighted by Gasteiger charge is 2.29. The van der Waals surface area contributed by atoms with Crippen LogP contribution in [0, 0.1) is 11.8 Å². The van der Waals surface area contributed by atoms with Crippen molar-refractivity contribution in [2.75, 3.05) is 26.7 Å². The molecule has 0 bridgehead atoms. The van der Waals surface area contributed by atoms with Gasteiger partial charge >= 0.3 is 0 Å². The van der Waals surface area contributed by atoms with E-state index in [4.69, 9.17) is 5.73 Å². The predicted octanol–water partition coefficient (Wildman–Crippen LogP) is 1.60. The van der Waals surface area contributed by atoms with Crippen LogP contribution < -0.4 is 11.1 Å². The highest BCUT2D eigenvalue weighted by molar-refractivity contribution is 5.84. The molecule has 19 heavy (non-hydrogen) atoms. The number of likely N-dealkylation sites (N-methyl/N-ethyl adjacent to an activating group) is 1. The third kappa shape index (κ3) is 4.77. The van der Waals surface area contributed by atoms with E-state index in [-0.39, 0.29) is 5.91 Å². The van der Waals surface area contributed by atoms with E-state index in [0.717, 1.165) is 37.9 Å². The van der Waals surface area contributed by atoms with Crippen LogP contribution in [0.3, 0.4) is 0 Å². The summed E-state index contributed by atoms with van der Waals surface area (Å²) in [5.74, 6) is 1.38. The molecule has 0 radical (unpaired) electrons. The van der Waals surface area contributed by atoms with Crippen LogP contribution in [0.15, 0.2) is 0 Å². The van der Waals surface area contributed by atoms with Crippen LogP contribution in [-0.4, -0.2) is 43.0 Å². The van der Waals surface area contributed by atoms with Gasteiger partial charge in [0.15, 0.2) is 0 Å². The van der Waals surface area contributed by atoms with Crippen LogP contribution in [0.1, 0.15) is 46.5 Å². The summed E-state index contributed by atoms with van der Waals surface area (Å²) in [4.78, 5) is 14.0. The van der Waals surface area contributed by atoms with Gasteiger partial charge in [-0.3, -0.25) is 4.79 Å². The maximum atomic E-state index is 11.5. The summed E-state index contributed by atoms with van der Waals surface area (Å²) in [5, 5.41) is 3.06. The average Bonchev–Trinajstić information content (AvgIpc) is 2.61. The first kappa shape index (κ1) is 16.4. The molecule has 2 unspecified atom stereocenters. The van der Waals surface area contributed by atoms with Crippen molar-refractivity contribution in [1.82, 2.24) is 10.2 Å². The molecule has 0 aliphatic carbocycles. The monoisotopic (exact) mass is 269 g/mol. The maximum Gasteiger partial charge on any atom is 0.237 e. The summed E-state index contributed by atoms with van der Waals surface area (Å²) < 4.78 is 0. The Balaban J connectivity index is 2.44. The van der Waals surface area contributed by atoms with Gasteiger partial charge in [-0.25, -0.2) is 0 Å². The number of amides is 1. The number of carbonyl (C=O) groups excluding carboxylic acids is 1. The summed E-state index contributed by atoms with van der Waals surface area (Å²) in [6.07, 6.45) is 4.68. The third-order valence-electron chi connectivity index (χ3n) is 4.83. The van der Waals surface area contributed by atoms with Crippen molar-refractivity contribution in [3.05, 3.63) is 0 Å². The van der Waals surface area contributed by atoms with Crippen molar-refractivity contribution in [2.45, 2.75) is 52.0 Å². The van der Waals surface area contributed by atoms with Crippen molar-refractivity contribution >= 4 is 5.91 Å². The number of nitrogens with two attached hydrogens (primary N) is 1. The molecule has 1 rings (SSSR count). The van der Waals surface area contributed by atoms with Crippen molar-refractivity contribution in [3.63, 3.8) is 0 Å². The predicted molar refractivity (Wildman–Crippen MR) is 79.9 cm³/mol. The number of primary amides is 1. The molecule has 1 amide bonds. The van der Waals surface area contributed by atoms with Gasteiger partial charge in [-0.05, 0) is 64.6 Å². The molecule has 1 aliphatic rings. The van der Waals surface area contributed by atoms with Gasteiger partial charge in [0.2, 0.25) is 5.91 Å². The van der Waals surface area contributed by atoms with Crippen LogP contribution in [0.2, 0.25) is 0 Å². The van der Waals surface area contributed by atoms with Gasteiger partial charge in [0.05, 0.1) is 5.54 Å². The quantitative estimate of drug-likeness (QED) is 0.770. The van der Waals surface area contributed by atoms with Crippen molar-refractivity contribution < 1.29 is 4.79 Å². The molecule has 112 valence electrons. The Morgan fingerprint density at radius 3 is 2.63 bits per heavy atom. The normalized spacial score (nSPS) is 25.0. The van der Waals surface area contributed by atoms with Gasteiger partial charge in [-0.15, -0.1) is 0 Å². The molecule has 1 heterocycles. The second-order valence-corrected chi connectivity index (χ2v) is 6.47. The van der Waals surface area contributed by atoms with Crippen molar-refractivity contribution in [3.8, 4) is 0 Å². The first-order chi connectivity index (χ1) is 8.89. The number of nitrogens with zero attached hydrogens (tertiary/aromatic N) is 1. The Kier molecular flexibility index (Phi) is 6.27.